The van der Waals surface area contributed by atoms with E-state index in [0.29, 0.717) is 66.0 Å². The van der Waals surface area contributed by atoms with Crippen molar-refractivity contribution in [2.75, 3.05) is 37.1 Å². The molecule has 14 nitrogen and oxygen atoms in total. The van der Waals surface area contributed by atoms with Crippen molar-refractivity contribution in [2.45, 2.75) is 68.8 Å². The van der Waals surface area contributed by atoms with E-state index in [1.54, 1.807) is 30.6 Å². The van der Waals surface area contributed by atoms with Crippen molar-refractivity contribution in [3.63, 3.8) is 0 Å². The van der Waals surface area contributed by atoms with Gasteiger partial charge < -0.3 is 34.7 Å². The van der Waals surface area contributed by atoms with Crippen LogP contribution in [0.2, 0.25) is 0 Å². The van der Waals surface area contributed by atoms with Crippen LogP contribution in [-0.2, 0) is 27.1 Å². The van der Waals surface area contributed by atoms with E-state index in [2.05, 4.69) is 41.0 Å². The number of rotatable bonds is 13. The van der Waals surface area contributed by atoms with Gasteiger partial charge in [0.15, 0.2) is 0 Å². The number of anilines is 2. The van der Waals surface area contributed by atoms with Gasteiger partial charge in [-0.3, -0.25) is 14.8 Å². The van der Waals surface area contributed by atoms with Gasteiger partial charge in [-0.15, -0.1) is 20.4 Å². The molecule has 0 aromatic carbocycles. The molecule has 242 valence electrons. The zero-order chi connectivity index (χ0) is 31.3. The summed E-state index contributed by atoms with van der Waals surface area (Å²) in [4.78, 5) is 21.4. The van der Waals surface area contributed by atoms with Gasteiger partial charge in [-0.1, -0.05) is 29.1 Å². The second-order valence-electron chi connectivity index (χ2n) is 11.6. The molecule has 16 heteroatoms. The van der Waals surface area contributed by atoms with E-state index in [1.807, 2.05) is 6.07 Å². The molecule has 2 aliphatic heterocycles. The number of pyridine rings is 2. The van der Waals surface area contributed by atoms with E-state index in [1.165, 1.54) is 22.7 Å². The van der Waals surface area contributed by atoms with E-state index >= 15 is 0 Å². The Labute approximate surface area is 272 Å². The molecule has 3 aliphatic rings. The predicted molar refractivity (Wildman–Crippen MR) is 168 cm³/mol. The van der Waals surface area contributed by atoms with Crippen LogP contribution in [0, 0.1) is 0 Å². The number of hydrogen-bond acceptors (Lipinski definition) is 15. The van der Waals surface area contributed by atoms with Crippen LogP contribution < -0.4 is 20.1 Å². The molecule has 46 heavy (non-hydrogen) atoms. The number of nitrogens with one attached hydrogen (secondary N) is 2. The molecule has 3 fully saturated rings. The fraction of sp³-hybridized carbons (Fsp3) is 0.500. The lowest BCUT2D eigenvalue weighted by Crippen LogP contribution is -2.38. The fourth-order valence-electron chi connectivity index (χ4n) is 5.48. The molecular weight excluding hydrogens is 633 g/mol. The first-order valence-electron chi connectivity index (χ1n) is 15.3. The summed E-state index contributed by atoms with van der Waals surface area (Å²) in [5, 5.41) is 36.8. The molecule has 1 aliphatic carbocycles. The Hall–Kier alpha value is -3.83. The van der Waals surface area contributed by atoms with Crippen molar-refractivity contribution in [1.29, 1.82) is 0 Å². The topological polar surface area (TPSA) is 176 Å². The zero-order valence-electron chi connectivity index (χ0n) is 24.9. The number of nitrogens with zero attached hydrogens (tertiary/aromatic N) is 6. The maximum Gasteiger partial charge on any atom is 0.232 e. The first-order chi connectivity index (χ1) is 22.5. The van der Waals surface area contributed by atoms with E-state index in [9.17, 15) is 9.90 Å². The van der Waals surface area contributed by atoms with Crippen molar-refractivity contribution < 1.29 is 28.8 Å². The number of carbonyl (C=O) groups is 1. The van der Waals surface area contributed by atoms with Gasteiger partial charge in [0.25, 0.3) is 0 Å². The summed E-state index contributed by atoms with van der Waals surface area (Å²) in [5.41, 5.74) is 1.32. The first kappa shape index (κ1) is 30.8. The molecule has 1 amide bonds. The van der Waals surface area contributed by atoms with Crippen molar-refractivity contribution >= 4 is 38.8 Å². The lowest BCUT2D eigenvalue weighted by molar-refractivity contribution is -0.115. The minimum atomic E-state index is -0.875. The summed E-state index contributed by atoms with van der Waals surface area (Å²) >= 11 is 2.87. The molecule has 3 N–H and O–H groups in total. The third-order valence-corrected chi connectivity index (χ3v) is 9.95. The van der Waals surface area contributed by atoms with Crippen LogP contribution in [-0.4, -0.2) is 86.2 Å². The van der Waals surface area contributed by atoms with Crippen LogP contribution in [0.25, 0.3) is 0 Å². The van der Waals surface area contributed by atoms with Gasteiger partial charge in [0, 0.05) is 48.5 Å². The van der Waals surface area contributed by atoms with E-state index in [-0.39, 0.29) is 36.4 Å². The van der Waals surface area contributed by atoms with Crippen LogP contribution >= 0.6 is 22.7 Å². The normalized spacial score (nSPS) is 20.7. The minimum absolute atomic E-state index is 0.0484. The SMILES string of the molecule is O=C(Cc1cc(OC2COC2)ccn1)Nc1nnc([C@H]2CCC[C@H](c3nnc(NC(O)Cc4cc(OC5COC5)ccn4)s3)C2)s1. The smallest absolute Gasteiger partial charge is 0.232 e. The second kappa shape index (κ2) is 14.3. The van der Waals surface area contributed by atoms with Gasteiger partial charge in [0.05, 0.1) is 38.5 Å². The average molecular weight is 667 g/mol. The molecule has 6 heterocycles. The standard InChI is InChI=1S/C30H34N8O6S2/c39-25(11-19-9-21(4-6-31-19)43-23-13-41-14-23)33-29-37-35-27(45-29)17-2-1-3-18(8-17)28-36-38-30(46-28)34-26(40)12-20-10-22(5-7-32-20)44-24-15-42-16-24/h4-7,9-10,17-18,23-25,39H,1-3,8,11-16H2,(H,33,37)(H,34,38,40)/t17-,18-,25?/m0/s1. The Kier molecular flexibility index (Phi) is 9.57. The quantitative estimate of drug-likeness (QED) is 0.177. The molecule has 0 radical (unpaired) electrons. The number of aliphatic hydroxyl groups excluding tert-OH is 1. The Bertz CT molecular complexity index is 1630. The van der Waals surface area contributed by atoms with Crippen LogP contribution in [0.1, 0.15) is 58.9 Å². The molecule has 3 atom stereocenters. The number of ether oxygens (including phenoxy) is 4. The van der Waals surface area contributed by atoms with Crippen LogP contribution in [0.3, 0.4) is 0 Å². The molecule has 7 rings (SSSR count). The summed E-state index contributed by atoms with van der Waals surface area (Å²) < 4.78 is 22.0. The Morgan fingerprint density at radius 3 is 2.09 bits per heavy atom. The Morgan fingerprint density at radius 1 is 0.870 bits per heavy atom. The maximum atomic E-state index is 12.7. The highest BCUT2D eigenvalue weighted by atomic mass is 32.1. The highest BCUT2D eigenvalue weighted by Gasteiger charge is 2.30. The lowest BCUT2D eigenvalue weighted by Gasteiger charge is -2.26. The van der Waals surface area contributed by atoms with Gasteiger partial charge in [-0.25, -0.2) is 0 Å². The minimum Gasteiger partial charge on any atom is -0.485 e. The van der Waals surface area contributed by atoms with Gasteiger partial charge >= 0.3 is 0 Å². The first-order valence-corrected chi connectivity index (χ1v) is 17.0. The number of hydrogen-bond donors (Lipinski definition) is 3. The van der Waals surface area contributed by atoms with Crippen molar-refractivity contribution in [2.24, 2.45) is 0 Å². The van der Waals surface area contributed by atoms with Gasteiger partial charge in [-0.05, 0) is 31.4 Å². The second-order valence-corrected chi connectivity index (χ2v) is 13.6. The van der Waals surface area contributed by atoms with E-state index in [4.69, 9.17) is 18.9 Å². The molecular formula is C30H34N8O6S2. The van der Waals surface area contributed by atoms with Crippen LogP contribution in [0.5, 0.6) is 11.5 Å². The van der Waals surface area contributed by atoms with Crippen LogP contribution in [0.15, 0.2) is 36.7 Å². The molecule has 0 spiro atoms. The molecule has 0 bridgehead atoms. The highest BCUT2D eigenvalue weighted by Crippen LogP contribution is 2.43. The number of amides is 1. The molecule has 1 unspecified atom stereocenters. The predicted octanol–water partition coefficient (Wildman–Crippen LogP) is 3.33. The largest absolute Gasteiger partial charge is 0.485 e. The summed E-state index contributed by atoms with van der Waals surface area (Å²) in [7, 11) is 0. The monoisotopic (exact) mass is 666 g/mol. The summed E-state index contributed by atoms with van der Waals surface area (Å²) in [6.45, 7) is 2.33. The number of aliphatic hydroxyl groups is 1. The van der Waals surface area contributed by atoms with Gasteiger partial charge in [0.2, 0.25) is 16.2 Å². The maximum absolute atomic E-state index is 12.7. The van der Waals surface area contributed by atoms with Crippen LogP contribution in [0.4, 0.5) is 10.3 Å². The molecule has 4 aromatic rings. The van der Waals surface area contributed by atoms with Crippen molar-refractivity contribution in [3.05, 3.63) is 58.1 Å². The zero-order valence-corrected chi connectivity index (χ0v) is 26.5. The summed E-state index contributed by atoms with van der Waals surface area (Å²) in [6.07, 6.45) is 6.84. The fourth-order valence-corrected chi connectivity index (χ4v) is 7.33. The average Bonchev–Trinajstić information content (AvgIpc) is 3.67. The highest BCUT2D eigenvalue weighted by molar-refractivity contribution is 7.15. The number of carbonyl (C=O) groups excluding carboxylic acids is 1. The van der Waals surface area contributed by atoms with Crippen molar-refractivity contribution in [1.82, 2.24) is 30.4 Å². The molecule has 2 saturated heterocycles. The van der Waals surface area contributed by atoms with Gasteiger partial charge in [0.1, 0.15) is 40.0 Å². The molecule has 1 saturated carbocycles. The lowest BCUT2D eigenvalue weighted by atomic mass is 9.82. The Morgan fingerprint density at radius 2 is 1.46 bits per heavy atom. The van der Waals surface area contributed by atoms with E-state index in [0.717, 1.165) is 35.7 Å². The summed E-state index contributed by atoms with van der Waals surface area (Å²) in [5.74, 6) is 1.62. The third-order valence-electron chi connectivity index (χ3n) is 7.93. The third kappa shape index (κ3) is 7.93. The molecule has 4 aromatic heterocycles. The van der Waals surface area contributed by atoms with Gasteiger partial charge in [-0.2, -0.15) is 0 Å². The number of aromatic nitrogens is 6. The Balaban J connectivity index is 0.894. The summed E-state index contributed by atoms with van der Waals surface area (Å²) in [6, 6.07) is 7.19. The van der Waals surface area contributed by atoms with Crippen molar-refractivity contribution in [3.8, 4) is 11.5 Å². The van der Waals surface area contributed by atoms with E-state index < -0.39 is 6.23 Å².